The largest absolute Gasteiger partial charge is 0.497 e. The predicted molar refractivity (Wildman–Crippen MR) is 104 cm³/mol. The summed E-state index contributed by atoms with van der Waals surface area (Å²) in [4.78, 5) is 21.8. The molecule has 0 N–H and O–H groups in total. The molecule has 1 aliphatic heterocycles. The highest BCUT2D eigenvalue weighted by Gasteiger charge is 2.36. The van der Waals surface area contributed by atoms with Gasteiger partial charge in [-0.25, -0.2) is 9.78 Å². The Morgan fingerprint density at radius 2 is 1.79 bits per heavy atom. The van der Waals surface area contributed by atoms with Crippen LogP contribution in [-0.4, -0.2) is 55.7 Å². The third-order valence-corrected chi connectivity index (χ3v) is 4.87. The van der Waals surface area contributed by atoms with E-state index in [-0.39, 0.29) is 24.9 Å². The van der Waals surface area contributed by atoms with Crippen molar-refractivity contribution in [3.63, 3.8) is 0 Å². The van der Waals surface area contributed by atoms with Crippen molar-refractivity contribution in [2.75, 3.05) is 49.6 Å². The van der Waals surface area contributed by atoms with Gasteiger partial charge >= 0.3 is 12.2 Å². The Morgan fingerprint density at radius 1 is 1.14 bits per heavy atom. The van der Waals surface area contributed by atoms with E-state index in [1.54, 1.807) is 46.1 Å². The minimum absolute atomic E-state index is 0.0883. The number of benzene rings is 1. The number of nitrogens with zero attached hydrogens (tertiary/aromatic N) is 4. The highest BCUT2D eigenvalue weighted by molar-refractivity contribution is 5.92. The first kappa shape index (κ1) is 20.8. The number of ether oxygens (including phenoxy) is 1. The zero-order valence-electron chi connectivity index (χ0n) is 16.3. The highest BCUT2D eigenvalue weighted by atomic mass is 19.4. The van der Waals surface area contributed by atoms with Crippen LogP contribution in [0.2, 0.25) is 0 Å². The van der Waals surface area contributed by atoms with Crippen molar-refractivity contribution in [3.8, 4) is 5.75 Å². The van der Waals surface area contributed by atoms with Gasteiger partial charge in [0, 0.05) is 44.6 Å². The van der Waals surface area contributed by atoms with E-state index in [4.69, 9.17) is 4.74 Å². The lowest BCUT2D eigenvalue weighted by molar-refractivity contribution is -0.137. The van der Waals surface area contributed by atoms with Crippen LogP contribution >= 0.6 is 0 Å². The van der Waals surface area contributed by atoms with Gasteiger partial charge in [0.05, 0.1) is 12.7 Å². The average Bonchev–Trinajstić information content (AvgIpc) is 2.74. The Balaban J connectivity index is 1.69. The molecule has 0 atom stereocenters. The molecule has 1 aromatic carbocycles. The van der Waals surface area contributed by atoms with Crippen LogP contribution in [0.3, 0.4) is 0 Å². The van der Waals surface area contributed by atoms with Crippen LogP contribution in [0, 0.1) is 0 Å². The number of methoxy groups -OCH3 is 1. The topological polar surface area (TPSA) is 48.9 Å². The summed E-state index contributed by atoms with van der Waals surface area (Å²) >= 11 is 0. The van der Waals surface area contributed by atoms with Crippen molar-refractivity contribution in [3.05, 3.63) is 48.2 Å². The first-order chi connectivity index (χ1) is 13.8. The molecular formula is C20H23F3N4O2. The molecule has 1 aliphatic rings. The number of carbonyl (C=O) groups is 1. The van der Waals surface area contributed by atoms with Crippen LogP contribution in [0.15, 0.2) is 42.6 Å². The fourth-order valence-corrected chi connectivity index (χ4v) is 3.34. The molecule has 1 saturated heterocycles. The molecule has 9 heteroatoms. The van der Waals surface area contributed by atoms with Crippen LogP contribution in [0.5, 0.6) is 5.75 Å². The predicted octanol–water partition coefficient (Wildman–Crippen LogP) is 3.88. The van der Waals surface area contributed by atoms with Crippen molar-refractivity contribution in [2.45, 2.75) is 13.1 Å². The molecule has 29 heavy (non-hydrogen) atoms. The molecule has 0 bridgehead atoms. The van der Waals surface area contributed by atoms with Crippen molar-refractivity contribution < 1.29 is 22.7 Å². The maximum Gasteiger partial charge on any atom is 0.419 e. The van der Waals surface area contributed by atoms with Crippen LogP contribution in [0.4, 0.5) is 29.5 Å². The van der Waals surface area contributed by atoms with E-state index in [0.29, 0.717) is 25.4 Å². The number of aromatic nitrogens is 1. The fraction of sp³-hybridized carbons (Fsp3) is 0.400. The number of halogens is 3. The van der Waals surface area contributed by atoms with E-state index in [9.17, 15) is 18.0 Å². The molecule has 1 fully saturated rings. The monoisotopic (exact) mass is 408 g/mol. The van der Waals surface area contributed by atoms with E-state index in [1.165, 1.54) is 12.3 Å². The van der Waals surface area contributed by atoms with Gasteiger partial charge < -0.3 is 14.5 Å². The lowest BCUT2D eigenvalue weighted by Gasteiger charge is -2.38. The Kier molecular flexibility index (Phi) is 6.14. The molecule has 0 aliphatic carbocycles. The number of piperazine rings is 1. The first-order valence-electron chi connectivity index (χ1n) is 9.32. The SMILES string of the molecule is CCN(C(=O)N1CCN(c2ncccc2C(F)(F)F)CC1)c1ccc(OC)cc1. The molecule has 0 unspecified atom stereocenters. The molecule has 1 aromatic heterocycles. The molecule has 2 amide bonds. The third-order valence-electron chi connectivity index (χ3n) is 4.87. The minimum atomic E-state index is -4.47. The van der Waals surface area contributed by atoms with E-state index < -0.39 is 11.7 Å². The van der Waals surface area contributed by atoms with Gasteiger partial charge in [-0.1, -0.05) is 0 Å². The van der Waals surface area contributed by atoms with Crippen molar-refractivity contribution in [1.82, 2.24) is 9.88 Å². The number of anilines is 2. The molecule has 0 radical (unpaired) electrons. The van der Waals surface area contributed by atoms with Crippen molar-refractivity contribution >= 4 is 17.5 Å². The molecule has 156 valence electrons. The Hall–Kier alpha value is -2.97. The minimum Gasteiger partial charge on any atom is -0.497 e. The summed E-state index contributed by atoms with van der Waals surface area (Å²) in [7, 11) is 1.57. The molecule has 2 heterocycles. The van der Waals surface area contributed by atoms with Gasteiger partial charge in [0.1, 0.15) is 11.6 Å². The lowest BCUT2D eigenvalue weighted by Crippen LogP contribution is -2.53. The molecule has 0 spiro atoms. The highest BCUT2D eigenvalue weighted by Crippen LogP contribution is 2.35. The summed E-state index contributed by atoms with van der Waals surface area (Å²) in [5.74, 6) is 0.608. The van der Waals surface area contributed by atoms with Gasteiger partial charge in [0.25, 0.3) is 0 Å². The standard InChI is InChI=1S/C20H23F3N4O2/c1-3-27(15-6-8-16(29-2)9-7-15)19(28)26-13-11-25(12-14-26)18-17(20(21,22)23)5-4-10-24-18/h4-10H,3,11-14H2,1-2H3. The number of hydrogen-bond donors (Lipinski definition) is 0. The zero-order valence-corrected chi connectivity index (χ0v) is 16.3. The van der Waals surface area contributed by atoms with Gasteiger partial charge in [-0.05, 0) is 43.3 Å². The number of carbonyl (C=O) groups excluding carboxylic acids is 1. The molecule has 3 rings (SSSR count). The normalized spacial score (nSPS) is 14.7. The molecule has 2 aromatic rings. The van der Waals surface area contributed by atoms with Crippen LogP contribution < -0.4 is 14.5 Å². The number of alkyl halides is 3. The zero-order chi connectivity index (χ0) is 21.0. The maximum atomic E-state index is 13.3. The summed E-state index contributed by atoms with van der Waals surface area (Å²) in [6.07, 6.45) is -3.12. The second kappa shape index (κ2) is 8.59. The van der Waals surface area contributed by atoms with E-state index >= 15 is 0 Å². The number of hydrogen-bond acceptors (Lipinski definition) is 4. The molecule has 6 nitrogen and oxygen atoms in total. The second-order valence-electron chi connectivity index (χ2n) is 6.57. The summed E-state index contributed by atoms with van der Waals surface area (Å²) in [6.45, 7) is 3.56. The van der Waals surface area contributed by atoms with E-state index in [1.807, 2.05) is 6.92 Å². The Labute approximate surface area is 167 Å². The van der Waals surface area contributed by atoms with Gasteiger partial charge in [0.15, 0.2) is 0 Å². The summed E-state index contributed by atoms with van der Waals surface area (Å²) in [5.41, 5.74) is -0.0157. The smallest absolute Gasteiger partial charge is 0.419 e. The third kappa shape index (κ3) is 4.55. The second-order valence-corrected chi connectivity index (χ2v) is 6.57. The summed E-state index contributed by atoms with van der Waals surface area (Å²) in [5, 5.41) is 0. The van der Waals surface area contributed by atoms with Gasteiger partial charge in [-0.15, -0.1) is 0 Å². The number of rotatable bonds is 4. The summed E-state index contributed by atoms with van der Waals surface area (Å²) in [6, 6.07) is 9.31. The van der Waals surface area contributed by atoms with Crippen molar-refractivity contribution in [1.29, 1.82) is 0 Å². The van der Waals surface area contributed by atoms with E-state index in [0.717, 1.165) is 11.8 Å². The molecular weight excluding hydrogens is 385 g/mol. The Morgan fingerprint density at radius 3 is 2.34 bits per heavy atom. The Bertz CT molecular complexity index is 834. The van der Waals surface area contributed by atoms with Crippen LogP contribution in [0.25, 0.3) is 0 Å². The summed E-state index contributed by atoms with van der Waals surface area (Å²) < 4.78 is 44.9. The average molecular weight is 408 g/mol. The number of pyridine rings is 1. The van der Waals surface area contributed by atoms with Crippen molar-refractivity contribution in [2.24, 2.45) is 0 Å². The lowest BCUT2D eigenvalue weighted by atomic mass is 10.2. The number of amides is 2. The fourth-order valence-electron chi connectivity index (χ4n) is 3.34. The van der Waals surface area contributed by atoms with Crippen LogP contribution in [-0.2, 0) is 6.18 Å². The molecule has 0 saturated carbocycles. The van der Waals surface area contributed by atoms with E-state index in [2.05, 4.69) is 4.98 Å². The first-order valence-corrected chi connectivity index (χ1v) is 9.32. The maximum absolute atomic E-state index is 13.3. The quantitative estimate of drug-likeness (QED) is 0.771. The van der Waals surface area contributed by atoms with Gasteiger partial charge in [0.2, 0.25) is 0 Å². The van der Waals surface area contributed by atoms with Gasteiger partial charge in [-0.3, -0.25) is 4.90 Å². The van der Waals surface area contributed by atoms with Crippen LogP contribution in [0.1, 0.15) is 12.5 Å². The van der Waals surface area contributed by atoms with Gasteiger partial charge in [-0.2, -0.15) is 13.2 Å². The number of urea groups is 1.